The molecule has 0 bridgehead atoms. The molecule has 2 heteroatoms. The largest absolute Gasteiger partial charge is 0.504 e. The van der Waals surface area contributed by atoms with Gasteiger partial charge in [-0.05, 0) is 91.6 Å². The van der Waals surface area contributed by atoms with Gasteiger partial charge in [-0.25, -0.2) is 0 Å². The molecule has 0 spiro atoms. The Balaban J connectivity index is 1.52. The maximum atomic E-state index is 12.0. The maximum Gasteiger partial charge on any atom is 0.219 e. The molecule has 0 aromatic rings. The summed E-state index contributed by atoms with van der Waals surface area (Å²) < 4.78 is 0. The Kier molecular flexibility index (Phi) is 5.53. The normalized spacial score (nSPS) is 42.6. The van der Waals surface area contributed by atoms with Gasteiger partial charge in [-0.1, -0.05) is 59.5 Å². The minimum absolute atomic E-state index is 0.0201. The van der Waals surface area contributed by atoms with E-state index in [0.717, 1.165) is 36.0 Å². The molecule has 0 aliphatic heterocycles. The van der Waals surface area contributed by atoms with Crippen LogP contribution in [0.5, 0.6) is 0 Å². The Morgan fingerprint density at radius 2 is 1.83 bits per heavy atom. The minimum Gasteiger partial charge on any atom is -0.504 e. The molecule has 0 aromatic heterocycles. The molecule has 4 aliphatic rings. The lowest BCUT2D eigenvalue weighted by Gasteiger charge is -2.57. The van der Waals surface area contributed by atoms with Crippen LogP contribution in [0, 0.1) is 46.3 Å². The van der Waals surface area contributed by atoms with Gasteiger partial charge in [0.2, 0.25) is 5.78 Å². The van der Waals surface area contributed by atoms with E-state index >= 15 is 0 Å². The Morgan fingerprint density at radius 1 is 1.07 bits per heavy atom. The fraction of sp³-hybridized carbons (Fsp3) is 0.815. The molecular formula is C27H42O2. The van der Waals surface area contributed by atoms with E-state index in [2.05, 4.69) is 34.6 Å². The van der Waals surface area contributed by atoms with Crippen LogP contribution in [0.3, 0.4) is 0 Å². The van der Waals surface area contributed by atoms with Crippen LogP contribution in [-0.4, -0.2) is 10.9 Å². The average molecular weight is 399 g/mol. The van der Waals surface area contributed by atoms with Crippen molar-refractivity contribution in [2.75, 3.05) is 0 Å². The monoisotopic (exact) mass is 398 g/mol. The SMILES string of the molecule is CC(C)CCC[C@@H](C)[C@H]1CC[C@H]2[C@@H]3CCC4=CC(=O)C(O)=C[C@]4(C)[C@H]3CC[C@]12C. The Hall–Kier alpha value is -1.05. The molecular weight excluding hydrogens is 356 g/mol. The summed E-state index contributed by atoms with van der Waals surface area (Å²) in [5.41, 5.74) is 1.66. The zero-order valence-electron chi connectivity index (χ0n) is 19.3. The van der Waals surface area contributed by atoms with Crippen molar-refractivity contribution >= 4 is 5.78 Å². The van der Waals surface area contributed by atoms with Crippen molar-refractivity contribution in [2.45, 2.75) is 92.4 Å². The third-order valence-electron chi connectivity index (χ3n) is 9.84. The van der Waals surface area contributed by atoms with E-state index in [1.54, 1.807) is 6.08 Å². The van der Waals surface area contributed by atoms with E-state index in [4.69, 9.17) is 0 Å². The van der Waals surface area contributed by atoms with Gasteiger partial charge in [-0.15, -0.1) is 0 Å². The van der Waals surface area contributed by atoms with Crippen LogP contribution in [0.1, 0.15) is 92.4 Å². The molecule has 1 N–H and O–H groups in total. The number of fused-ring (bicyclic) bond motifs is 5. The average Bonchev–Trinajstić information content (AvgIpc) is 3.00. The molecule has 3 fully saturated rings. The fourth-order valence-corrected chi connectivity index (χ4v) is 8.30. The summed E-state index contributed by atoms with van der Waals surface area (Å²) in [6, 6.07) is 0. The predicted molar refractivity (Wildman–Crippen MR) is 120 cm³/mol. The highest BCUT2D eigenvalue weighted by Gasteiger charge is 2.59. The number of aliphatic hydroxyl groups excluding tert-OH is 1. The van der Waals surface area contributed by atoms with E-state index in [0.29, 0.717) is 11.3 Å². The second kappa shape index (κ2) is 7.57. The zero-order chi connectivity index (χ0) is 21.0. The highest BCUT2D eigenvalue weighted by molar-refractivity contribution is 6.04. The molecule has 0 heterocycles. The number of hydrogen-bond donors (Lipinski definition) is 1. The lowest BCUT2D eigenvalue weighted by molar-refractivity contribution is -0.114. The summed E-state index contributed by atoms with van der Waals surface area (Å²) in [4.78, 5) is 12.0. The first-order valence-corrected chi connectivity index (χ1v) is 12.3. The Bertz CT molecular complexity index is 716. The van der Waals surface area contributed by atoms with E-state index < -0.39 is 0 Å². The quantitative estimate of drug-likeness (QED) is 0.529. The van der Waals surface area contributed by atoms with Crippen molar-refractivity contribution in [3.63, 3.8) is 0 Å². The van der Waals surface area contributed by atoms with Crippen LogP contribution >= 0.6 is 0 Å². The van der Waals surface area contributed by atoms with Gasteiger partial charge in [-0.2, -0.15) is 0 Å². The van der Waals surface area contributed by atoms with Crippen LogP contribution in [0.15, 0.2) is 23.5 Å². The first kappa shape index (κ1) is 21.2. The first-order chi connectivity index (χ1) is 13.7. The van der Waals surface area contributed by atoms with Crippen LogP contribution in [0.25, 0.3) is 0 Å². The number of hydrogen-bond acceptors (Lipinski definition) is 2. The summed E-state index contributed by atoms with van der Waals surface area (Å²) >= 11 is 0. The number of allylic oxidation sites excluding steroid dienone is 3. The van der Waals surface area contributed by atoms with Gasteiger partial charge < -0.3 is 5.11 Å². The second-order valence-corrected chi connectivity index (χ2v) is 11.8. The summed E-state index contributed by atoms with van der Waals surface area (Å²) in [5, 5.41) is 10.2. The third kappa shape index (κ3) is 3.43. The van der Waals surface area contributed by atoms with Crippen molar-refractivity contribution in [1.29, 1.82) is 0 Å². The standard InChI is InChI=1S/C27H42O2/c1-17(2)7-6-8-18(3)21-11-12-22-20-10-9-19-15-24(28)25(29)16-27(19,5)23(20)13-14-26(21,22)4/h15-18,20-23,29H,6-14H2,1-5H3/t18-,20+,21-,22+,23+,26-,27+/m1/s1. The maximum absolute atomic E-state index is 12.0. The smallest absolute Gasteiger partial charge is 0.219 e. The third-order valence-corrected chi connectivity index (χ3v) is 9.84. The van der Waals surface area contributed by atoms with Crippen molar-refractivity contribution < 1.29 is 9.90 Å². The van der Waals surface area contributed by atoms with Gasteiger partial charge in [0.25, 0.3) is 0 Å². The fourth-order valence-electron chi connectivity index (χ4n) is 8.30. The van der Waals surface area contributed by atoms with E-state index in [-0.39, 0.29) is 17.0 Å². The van der Waals surface area contributed by atoms with E-state index in [9.17, 15) is 9.90 Å². The molecule has 0 aromatic carbocycles. The minimum atomic E-state index is -0.187. The van der Waals surface area contributed by atoms with Crippen LogP contribution in [-0.2, 0) is 4.79 Å². The molecule has 0 saturated heterocycles. The molecule has 7 atom stereocenters. The molecule has 4 aliphatic carbocycles. The predicted octanol–water partition coefficient (Wildman–Crippen LogP) is 7.26. The van der Waals surface area contributed by atoms with Crippen molar-refractivity contribution in [2.24, 2.45) is 46.3 Å². The lowest BCUT2D eigenvalue weighted by atomic mass is 9.47. The van der Waals surface area contributed by atoms with Crippen molar-refractivity contribution in [3.8, 4) is 0 Å². The van der Waals surface area contributed by atoms with E-state index in [1.807, 2.05) is 6.08 Å². The lowest BCUT2D eigenvalue weighted by Crippen LogP contribution is -2.50. The summed E-state index contributed by atoms with van der Waals surface area (Å²) in [7, 11) is 0. The van der Waals surface area contributed by atoms with Crippen LogP contribution in [0.2, 0.25) is 0 Å². The van der Waals surface area contributed by atoms with Crippen molar-refractivity contribution in [3.05, 3.63) is 23.5 Å². The number of carbonyl (C=O) groups excluding carboxylic acids is 1. The van der Waals surface area contributed by atoms with Gasteiger partial charge >= 0.3 is 0 Å². The number of aliphatic hydroxyl groups is 1. The van der Waals surface area contributed by atoms with Crippen LogP contribution < -0.4 is 0 Å². The molecule has 3 saturated carbocycles. The zero-order valence-corrected chi connectivity index (χ0v) is 19.3. The topological polar surface area (TPSA) is 37.3 Å². The van der Waals surface area contributed by atoms with Gasteiger partial charge in [0.15, 0.2) is 5.76 Å². The Morgan fingerprint density at radius 3 is 2.55 bits per heavy atom. The molecule has 2 nitrogen and oxygen atoms in total. The van der Waals surface area contributed by atoms with Crippen molar-refractivity contribution in [1.82, 2.24) is 0 Å². The highest BCUT2D eigenvalue weighted by atomic mass is 16.3. The van der Waals surface area contributed by atoms with Gasteiger partial charge in [0.05, 0.1) is 0 Å². The highest BCUT2D eigenvalue weighted by Crippen LogP contribution is 2.67. The molecule has 0 amide bonds. The number of rotatable bonds is 5. The van der Waals surface area contributed by atoms with Gasteiger partial charge in [0, 0.05) is 5.41 Å². The first-order valence-electron chi connectivity index (χ1n) is 12.3. The van der Waals surface area contributed by atoms with Gasteiger partial charge in [-0.3, -0.25) is 4.79 Å². The second-order valence-electron chi connectivity index (χ2n) is 11.8. The summed E-state index contributed by atoms with van der Waals surface area (Å²) in [6.07, 6.45) is 15.5. The number of ketones is 1. The summed E-state index contributed by atoms with van der Waals surface area (Å²) in [6.45, 7) is 12.1. The molecule has 4 rings (SSSR count). The van der Waals surface area contributed by atoms with E-state index in [1.165, 1.54) is 56.9 Å². The summed E-state index contributed by atoms with van der Waals surface area (Å²) in [5.74, 6) is 4.49. The molecule has 0 unspecified atom stereocenters. The Labute approximate surface area is 178 Å². The molecule has 162 valence electrons. The van der Waals surface area contributed by atoms with Crippen LogP contribution in [0.4, 0.5) is 0 Å². The molecule has 0 radical (unpaired) electrons. The molecule has 29 heavy (non-hydrogen) atoms. The van der Waals surface area contributed by atoms with Gasteiger partial charge in [0.1, 0.15) is 0 Å². The number of carbonyl (C=O) groups is 1.